The SMILES string of the molecule is CCc1c(C(C)(C)CC)noc1N. The molecule has 1 aromatic rings. The first kappa shape index (κ1) is 10.1. The lowest BCUT2D eigenvalue weighted by molar-refractivity contribution is 0.391. The van der Waals surface area contributed by atoms with Gasteiger partial charge in [0.2, 0.25) is 5.88 Å². The molecule has 2 N–H and O–H groups in total. The van der Waals surface area contributed by atoms with E-state index in [0.29, 0.717) is 5.88 Å². The molecular weight excluding hydrogens is 164 g/mol. The Morgan fingerprint density at radius 3 is 2.46 bits per heavy atom. The zero-order valence-corrected chi connectivity index (χ0v) is 8.85. The largest absolute Gasteiger partial charge is 0.367 e. The number of hydrogen-bond donors (Lipinski definition) is 1. The Hall–Kier alpha value is -0.990. The first-order valence-electron chi connectivity index (χ1n) is 4.77. The highest BCUT2D eigenvalue weighted by atomic mass is 16.5. The van der Waals surface area contributed by atoms with Gasteiger partial charge in [-0.15, -0.1) is 0 Å². The van der Waals surface area contributed by atoms with Gasteiger partial charge >= 0.3 is 0 Å². The predicted molar refractivity (Wildman–Crippen MR) is 53.6 cm³/mol. The highest BCUT2D eigenvalue weighted by molar-refractivity contribution is 5.41. The monoisotopic (exact) mass is 182 g/mol. The van der Waals surface area contributed by atoms with Crippen molar-refractivity contribution in [3.05, 3.63) is 11.3 Å². The number of nitrogen functional groups attached to an aromatic ring is 1. The fourth-order valence-corrected chi connectivity index (χ4v) is 1.36. The van der Waals surface area contributed by atoms with Gasteiger partial charge < -0.3 is 10.3 Å². The van der Waals surface area contributed by atoms with E-state index in [0.717, 1.165) is 24.1 Å². The van der Waals surface area contributed by atoms with Gasteiger partial charge in [-0.1, -0.05) is 32.9 Å². The van der Waals surface area contributed by atoms with Crippen LogP contribution in [0.1, 0.15) is 45.4 Å². The molecule has 0 aliphatic carbocycles. The predicted octanol–water partition coefficient (Wildman–Crippen LogP) is 2.51. The lowest BCUT2D eigenvalue weighted by atomic mass is 9.84. The summed E-state index contributed by atoms with van der Waals surface area (Å²) in [4.78, 5) is 0. The van der Waals surface area contributed by atoms with Crippen molar-refractivity contribution >= 4 is 5.88 Å². The summed E-state index contributed by atoms with van der Waals surface area (Å²) in [5, 5.41) is 4.03. The maximum absolute atomic E-state index is 5.67. The van der Waals surface area contributed by atoms with Gasteiger partial charge in [0.15, 0.2) is 0 Å². The molecule has 0 aliphatic heterocycles. The van der Waals surface area contributed by atoms with Crippen LogP contribution in [0.5, 0.6) is 0 Å². The molecule has 3 heteroatoms. The lowest BCUT2D eigenvalue weighted by Gasteiger charge is -2.20. The van der Waals surface area contributed by atoms with Crippen LogP contribution in [0.4, 0.5) is 5.88 Å². The van der Waals surface area contributed by atoms with Crippen molar-refractivity contribution in [1.29, 1.82) is 0 Å². The van der Waals surface area contributed by atoms with Crippen molar-refractivity contribution in [2.24, 2.45) is 0 Å². The van der Waals surface area contributed by atoms with Crippen LogP contribution in [0.3, 0.4) is 0 Å². The summed E-state index contributed by atoms with van der Waals surface area (Å²) in [7, 11) is 0. The Morgan fingerprint density at radius 1 is 1.38 bits per heavy atom. The average molecular weight is 182 g/mol. The summed E-state index contributed by atoms with van der Waals surface area (Å²) in [6, 6.07) is 0. The molecule has 0 aliphatic rings. The molecule has 0 bridgehead atoms. The standard InChI is InChI=1S/C10H18N2O/c1-5-7-8(10(3,4)6-2)12-13-9(7)11/h5-6,11H2,1-4H3. The minimum atomic E-state index is 0.0620. The van der Waals surface area contributed by atoms with Crippen LogP contribution in [0.15, 0.2) is 4.52 Å². The molecule has 1 heterocycles. The van der Waals surface area contributed by atoms with Crippen LogP contribution >= 0.6 is 0 Å². The first-order valence-corrected chi connectivity index (χ1v) is 4.77. The third-order valence-electron chi connectivity index (χ3n) is 2.70. The average Bonchev–Trinajstić information content (AvgIpc) is 2.47. The number of anilines is 1. The summed E-state index contributed by atoms with van der Waals surface area (Å²) in [5.74, 6) is 0.471. The van der Waals surface area contributed by atoms with Gasteiger partial charge in [-0.25, -0.2) is 0 Å². The van der Waals surface area contributed by atoms with E-state index in [9.17, 15) is 0 Å². The van der Waals surface area contributed by atoms with Gasteiger partial charge in [0, 0.05) is 11.0 Å². The van der Waals surface area contributed by atoms with E-state index < -0.39 is 0 Å². The highest BCUT2D eigenvalue weighted by Gasteiger charge is 2.26. The van der Waals surface area contributed by atoms with Crippen LogP contribution in [0, 0.1) is 0 Å². The Morgan fingerprint density at radius 2 is 2.00 bits per heavy atom. The molecule has 0 unspecified atom stereocenters. The number of hydrogen-bond acceptors (Lipinski definition) is 3. The van der Waals surface area contributed by atoms with Gasteiger partial charge in [-0.3, -0.25) is 0 Å². The smallest absolute Gasteiger partial charge is 0.225 e. The Balaban J connectivity index is 3.14. The summed E-state index contributed by atoms with van der Waals surface area (Å²) in [5.41, 5.74) is 7.81. The van der Waals surface area contributed by atoms with Crippen molar-refractivity contribution in [3.8, 4) is 0 Å². The van der Waals surface area contributed by atoms with Crippen LogP contribution < -0.4 is 5.73 Å². The quantitative estimate of drug-likeness (QED) is 0.781. The maximum atomic E-state index is 5.67. The lowest BCUT2D eigenvalue weighted by Crippen LogP contribution is -2.18. The van der Waals surface area contributed by atoms with E-state index in [-0.39, 0.29) is 5.41 Å². The van der Waals surface area contributed by atoms with E-state index in [2.05, 4.69) is 32.9 Å². The molecule has 0 spiro atoms. The molecule has 0 atom stereocenters. The summed E-state index contributed by atoms with van der Waals surface area (Å²) < 4.78 is 5.00. The van der Waals surface area contributed by atoms with E-state index in [4.69, 9.17) is 10.3 Å². The fraction of sp³-hybridized carbons (Fsp3) is 0.700. The molecule has 74 valence electrons. The topological polar surface area (TPSA) is 52.0 Å². The van der Waals surface area contributed by atoms with Crippen LogP contribution in [0.2, 0.25) is 0 Å². The van der Waals surface area contributed by atoms with Crippen LogP contribution in [0.25, 0.3) is 0 Å². The van der Waals surface area contributed by atoms with Gasteiger partial charge in [0.25, 0.3) is 0 Å². The molecule has 1 aromatic heterocycles. The van der Waals surface area contributed by atoms with Crippen LogP contribution in [-0.4, -0.2) is 5.16 Å². The summed E-state index contributed by atoms with van der Waals surface area (Å²) in [6.07, 6.45) is 1.92. The molecule has 0 saturated heterocycles. The van der Waals surface area contributed by atoms with E-state index >= 15 is 0 Å². The Bertz CT molecular complexity index is 289. The Labute approximate surface area is 79.3 Å². The van der Waals surface area contributed by atoms with Crippen molar-refractivity contribution in [1.82, 2.24) is 5.16 Å². The molecule has 3 nitrogen and oxygen atoms in total. The molecule has 0 radical (unpaired) electrons. The highest BCUT2D eigenvalue weighted by Crippen LogP contribution is 2.31. The van der Waals surface area contributed by atoms with Gasteiger partial charge in [-0.2, -0.15) is 0 Å². The molecule has 0 aromatic carbocycles. The normalized spacial score (nSPS) is 12.0. The number of rotatable bonds is 3. The first-order chi connectivity index (χ1) is 6.03. The zero-order chi connectivity index (χ0) is 10.1. The third kappa shape index (κ3) is 1.69. The van der Waals surface area contributed by atoms with E-state index in [1.807, 2.05) is 0 Å². The molecule has 0 fully saturated rings. The van der Waals surface area contributed by atoms with Crippen LogP contribution in [-0.2, 0) is 11.8 Å². The van der Waals surface area contributed by atoms with Gasteiger partial charge in [-0.05, 0) is 12.8 Å². The second-order valence-electron chi connectivity index (χ2n) is 3.96. The van der Waals surface area contributed by atoms with Crippen molar-refractivity contribution in [3.63, 3.8) is 0 Å². The van der Waals surface area contributed by atoms with E-state index in [1.54, 1.807) is 0 Å². The Kier molecular flexibility index (Phi) is 2.64. The van der Waals surface area contributed by atoms with Crippen molar-refractivity contribution in [2.75, 3.05) is 5.73 Å². The summed E-state index contributed by atoms with van der Waals surface area (Å²) in [6.45, 7) is 8.52. The number of nitrogens with zero attached hydrogens (tertiary/aromatic N) is 1. The minimum Gasteiger partial charge on any atom is -0.367 e. The third-order valence-corrected chi connectivity index (χ3v) is 2.70. The number of aromatic nitrogens is 1. The molecule has 13 heavy (non-hydrogen) atoms. The van der Waals surface area contributed by atoms with E-state index in [1.165, 1.54) is 0 Å². The second kappa shape index (κ2) is 3.40. The second-order valence-corrected chi connectivity index (χ2v) is 3.96. The molecule has 0 saturated carbocycles. The maximum Gasteiger partial charge on any atom is 0.225 e. The fourth-order valence-electron chi connectivity index (χ4n) is 1.36. The molecular formula is C10H18N2O. The summed E-state index contributed by atoms with van der Waals surface area (Å²) >= 11 is 0. The van der Waals surface area contributed by atoms with Crippen molar-refractivity contribution in [2.45, 2.75) is 46.0 Å². The van der Waals surface area contributed by atoms with Gasteiger partial charge in [0.05, 0.1) is 5.69 Å². The molecule has 1 rings (SSSR count). The number of nitrogens with two attached hydrogens (primary N) is 1. The van der Waals surface area contributed by atoms with Crippen molar-refractivity contribution < 1.29 is 4.52 Å². The zero-order valence-electron chi connectivity index (χ0n) is 8.85. The van der Waals surface area contributed by atoms with Gasteiger partial charge in [0.1, 0.15) is 0 Å². The molecule has 0 amide bonds. The minimum absolute atomic E-state index is 0.0620.